The van der Waals surface area contributed by atoms with E-state index >= 15 is 0 Å². The molecule has 0 aliphatic carbocycles. The van der Waals surface area contributed by atoms with E-state index in [2.05, 4.69) is 39.3 Å². The fourth-order valence-electron chi connectivity index (χ4n) is 3.02. The molecular formula is C24H32IN3O3. The highest BCUT2D eigenvalue weighted by atomic mass is 127. The number of nitrogens with one attached hydrogen (secondary N) is 1. The quantitative estimate of drug-likeness (QED) is 0.217. The first-order chi connectivity index (χ1) is 14.6. The second kappa shape index (κ2) is 14.4. The predicted octanol–water partition coefficient (Wildman–Crippen LogP) is 3.63. The molecule has 2 aromatic rings. The van der Waals surface area contributed by atoms with E-state index in [1.807, 2.05) is 31.3 Å². The van der Waals surface area contributed by atoms with Crippen LogP contribution in [0.2, 0.25) is 0 Å². The lowest BCUT2D eigenvalue weighted by Gasteiger charge is -2.22. The van der Waals surface area contributed by atoms with Crippen LogP contribution in [0.15, 0.2) is 47.5 Å². The molecule has 0 heterocycles. The highest BCUT2D eigenvalue weighted by molar-refractivity contribution is 14.0. The van der Waals surface area contributed by atoms with Gasteiger partial charge >= 0.3 is 0 Å². The SMILES string of the molecule is C#CCOc1ccc(CCNC(=NC)N(C)CCc2ccc(OC)c(OC)c2)cc1.I. The third kappa shape index (κ3) is 8.58. The Morgan fingerprint density at radius 3 is 2.32 bits per heavy atom. The van der Waals surface area contributed by atoms with Crippen molar-refractivity contribution in [2.24, 2.45) is 4.99 Å². The third-order valence-electron chi connectivity index (χ3n) is 4.70. The third-order valence-corrected chi connectivity index (χ3v) is 4.70. The summed E-state index contributed by atoms with van der Waals surface area (Å²) in [5, 5.41) is 3.42. The van der Waals surface area contributed by atoms with Gasteiger partial charge in [0.25, 0.3) is 0 Å². The van der Waals surface area contributed by atoms with Crippen molar-refractivity contribution in [1.29, 1.82) is 0 Å². The van der Waals surface area contributed by atoms with Gasteiger partial charge in [-0.3, -0.25) is 4.99 Å². The molecule has 2 rings (SSSR count). The number of aliphatic imine (C=N–C) groups is 1. The number of ether oxygens (including phenoxy) is 3. The van der Waals surface area contributed by atoms with Crippen LogP contribution < -0.4 is 19.5 Å². The van der Waals surface area contributed by atoms with Gasteiger partial charge in [0.05, 0.1) is 14.2 Å². The number of likely N-dealkylation sites (N-methyl/N-ethyl adjacent to an activating group) is 1. The van der Waals surface area contributed by atoms with Crippen molar-refractivity contribution in [1.82, 2.24) is 10.2 Å². The normalized spacial score (nSPS) is 10.5. The number of methoxy groups -OCH3 is 2. The maximum absolute atomic E-state index is 5.40. The molecule has 0 saturated heterocycles. The monoisotopic (exact) mass is 537 g/mol. The lowest BCUT2D eigenvalue weighted by atomic mass is 10.1. The Hall–Kier alpha value is -2.60. The van der Waals surface area contributed by atoms with Gasteiger partial charge in [0, 0.05) is 27.2 Å². The Morgan fingerprint density at radius 2 is 1.71 bits per heavy atom. The van der Waals surface area contributed by atoms with Gasteiger partial charge in [0.2, 0.25) is 0 Å². The zero-order valence-corrected chi connectivity index (χ0v) is 21.0. The number of benzene rings is 2. The maximum Gasteiger partial charge on any atom is 0.193 e. The average molecular weight is 537 g/mol. The zero-order chi connectivity index (χ0) is 21.8. The van der Waals surface area contributed by atoms with Crippen LogP contribution in [0.5, 0.6) is 17.2 Å². The highest BCUT2D eigenvalue weighted by Gasteiger charge is 2.08. The Bertz CT molecular complexity index is 863. The van der Waals surface area contributed by atoms with Crippen LogP contribution in [0.1, 0.15) is 11.1 Å². The van der Waals surface area contributed by atoms with Crippen LogP contribution in [0.25, 0.3) is 0 Å². The summed E-state index contributed by atoms with van der Waals surface area (Å²) < 4.78 is 16.1. The second-order valence-electron chi connectivity index (χ2n) is 6.72. The number of rotatable bonds is 10. The summed E-state index contributed by atoms with van der Waals surface area (Å²) in [6.07, 6.45) is 6.97. The molecular weight excluding hydrogens is 505 g/mol. The van der Waals surface area contributed by atoms with Gasteiger partial charge < -0.3 is 24.4 Å². The summed E-state index contributed by atoms with van der Waals surface area (Å²) in [5.41, 5.74) is 2.40. The number of halogens is 1. The molecule has 0 aliphatic heterocycles. The van der Waals surface area contributed by atoms with Gasteiger partial charge in [-0.25, -0.2) is 0 Å². The Kier molecular flexibility index (Phi) is 12.3. The first-order valence-corrected chi connectivity index (χ1v) is 9.89. The van der Waals surface area contributed by atoms with Crippen molar-refractivity contribution < 1.29 is 14.2 Å². The van der Waals surface area contributed by atoms with Crippen LogP contribution in [0.3, 0.4) is 0 Å². The van der Waals surface area contributed by atoms with E-state index in [1.165, 1.54) is 11.1 Å². The number of hydrogen-bond acceptors (Lipinski definition) is 4. The number of terminal acetylenes is 1. The smallest absolute Gasteiger partial charge is 0.193 e. The molecule has 0 fully saturated rings. The lowest BCUT2D eigenvalue weighted by molar-refractivity contribution is 0.354. The predicted molar refractivity (Wildman–Crippen MR) is 137 cm³/mol. The second-order valence-corrected chi connectivity index (χ2v) is 6.72. The molecule has 0 aliphatic rings. The summed E-state index contributed by atoms with van der Waals surface area (Å²) >= 11 is 0. The van der Waals surface area contributed by atoms with Gasteiger partial charge in [-0.2, -0.15) is 0 Å². The van der Waals surface area contributed by atoms with E-state index in [4.69, 9.17) is 20.6 Å². The van der Waals surface area contributed by atoms with Crippen molar-refractivity contribution >= 4 is 29.9 Å². The molecule has 0 atom stereocenters. The lowest BCUT2D eigenvalue weighted by Crippen LogP contribution is -2.40. The summed E-state index contributed by atoms with van der Waals surface area (Å²) in [6, 6.07) is 14.0. The molecule has 0 unspecified atom stereocenters. The van der Waals surface area contributed by atoms with Gasteiger partial charge in [0.15, 0.2) is 17.5 Å². The number of guanidine groups is 1. The summed E-state index contributed by atoms with van der Waals surface area (Å²) in [4.78, 5) is 6.51. The van der Waals surface area contributed by atoms with Crippen LogP contribution in [0.4, 0.5) is 0 Å². The first-order valence-electron chi connectivity index (χ1n) is 9.89. The van der Waals surface area contributed by atoms with Crippen LogP contribution in [0, 0.1) is 12.3 Å². The van der Waals surface area contributed by atoms with Crippen LogP contribution >= 0.6 is 24.0 Å². The minimum absolute atomic E-state index is 0. The zero-order valence-electron chi connectivity index (χ0n) is 18.7. The molecule has 7 heteroatoms. The topological polar surface area (TPSA) is 55.3 Å². The van der Waals surface area contributed by atoms with E-state index in [9.17, 15) is 0 Å². The van der Waals surface area contributed by atoms with Crippen molar-refractivity contribution in [2.45, 2.75) is 12.8 Å². The Balaban J connectivity index is 0.00000480. The van der Waals surface area contributed by atoms with Crippen molar-refractivity contribution in [3.05, 3.63) is 53.6 Å². The fourth-order valence-corrected chi connectivity index (χ4v) is 3.02. The molecule has 31 heavy (non-hydrogen) atoms. The standard InChI is InChI=1S/C24H31N3O3.HI/c1-6-17-30-21-10-7-19(8-11-21)13-15-26-24(25-2)27(3)16-14-20-9-12-22(28-4)23(18-20)29-5;/h1,7-12,18H,13-17H2,2-5H3,(H,25,26);1H. The summed E-state index contributed by atoms with van der Waals surface area (Å²) in [5.74, 6) is 5.60. The molecule has 168 valence electrons. The Morgan fingerprint density at radius 1 is 1.03 bits per heavy atom. The summed E-state index contributed by atoms with van der Waals surface area (Å²) in [7, 11) is 7.13. The molecule has 0 amide bonds. The Labute approximate surface area is 203 Å². The number of nitrogens with zero attached hydrogens (tertiary/aromatic N) is 2. The molecule has 0 radical (unpaired) electrons. The van der Waals surface area contributed by atoms with Crippen molar-refractivity contribution in [3.8, 4) is 29.6 Å². The van der Waals surface area contributed by atoms with Crippen LogP contribution in [-0.2, 0) is 12.8 Å². The maximum atomic E-state index is 5.40. The summed E-state index contributed by atoms with van der Waals surface area (Å²) in [6.45, 7) is 1.90. The van der Waals surface area contributed by atoms with Gasteiger partial charge in [-0.1, -0.05) is 24.1 Å². The largest absolute Gasteiger partial charge is 0.493 e. The molecule has 0 bridgehead atoms. The fraction of sp³-hybridized carbons (Fsp3) is 0.375. The minimum Gasteiger partial charge on any atom is -0.493 e. The molecule has 6 nitrogen and oxygen atoms in total. The molecule has 1 N–H and O–H groups in total. The molecule has 0 spiro atoms. The van der Waals surface area contributed by atoms with Crippen molar-refractivity contribution in [3.63, 3.8) is 0 Å². The molecule has 2 aromatic carbocycles. The van der Waals surface area contributed by atoms with E-state index in [1.54, 1.807) is 21.3 Å². The molecule has 0 saturated carbocycles. The van der Waals surface area contributed by atoms with Gasteiger partial charge in [-0.05, 0) is 48.2 Å². The van der Waals surface area contributed by atoms with E-state index < -0.39 is 0 Å². The first kappa shape index (κ1) is 26.4. The molecule has 0 aromatic heterocycles. The van der Waals surface area contributed by atoms with E-state index in [0.29, 0.717) is 0 Å². The average Bonchev–Trinajstić information content (AvgIpc) is 2.79. The number of hydrogen-bond donors (Lipinski definition) is 1. The van der Waals surface area contributed by atoms with Gasteiger partial charge in [0.1, 0.15) is 12.4 Å². The van der Waals surface area contributed by atoms with E-state index in [0.717, 1.165) is 49.1 Å². The van der Waals surface area contributed by atoms with Crippen molar-refractivity contribution in [2.75, 3.05) is 48.0 Å². The van der Waals surface area contributed by atoms with Gasteiger partial charge in [-0.15, -0.1) is 30.4 Å². The van der Waals surface area contributed by atoms with E-state index in [-0.39, 0.29) is 30.6 Å². The van der Waals surface area contributed by atoms with Crippen LogP contribution in [-0.4, -0.2) is 58.9 Å². The minimum atomic E-state index is 0. The highest BCUT2D eigenvalue weighted by Crippen LogP contribution is 2.27.